The van der Waals surface area contributed by atoms with Crippen LogP contribution in [0.4, 0.5) is 0 Å². The minimum absolute atomic E-state index is 0.164. The molecule has 0 aromatic rings. The fraction of sp³-hybridized carbons (Fsp3) is 0.947. The fourth-order valence-corrected chi connectivity index (χ4v) is 7.90. The van der Waals surface area contributed by atoms with Crippen LogP contribution in [0.1, 0.15) is 219 Å². The van der Waals surface area contributed by atoms with Gasteiger partial charge in [0.15, 0.2) is 11.6 Å². The lowest BCUT2D eigenvalue weighted by atomic mass is 9.89. The number of hydrogen-bond acceptors (Lipinski definition) is 5. The van der Waals surface area contributed by atoms with Crippen molar-refractivity contribution in [3.05, 3.63) is 0 Å². The Morgan fingerprint density at radius 1 is 0.478 bits per heavy atom. The Hall–Kier alpha value is -0.590. The van der Waals surface area contributed by atoms with Gasteiger partial charge < -0.3 is 20.6 Å². The lowest BCUT2D eigenvalue weighted by molar-refractivity contribution is -0.136. The number of unbranched alkanes of at least 4 members (excludes halogenated alkanes) is 28. The third kappa shape index (κ3) is 21.4. The van der Waals surface area contributed by atoms with Crippen LogP contribution in [-0.4, -0.2) is 37.8 Å². The van der Waals surface area contributed by atoms with Crippen molar-refractivity contribution in [3.63, 3.8) is 0 Å². The van der Waals surface area contributed by atoms with Crippen molar-refractivity contribution in [2.24, 2.45) is 5.73 Å². The Bertz CT molecular complexity index is 722. The molecule has 8 heteroatoms. The topological polar surface area (TPSA) is 138 Å². The quantitative estimate of drug-likeness (QED) is 0.0225. The van der Waals surface area contributed by atoms with E-state index in [1.54, 1.807) is 0 Å². The van der Waals surface area contributed by atoms with Gasteiger partial charge in [0.25, 0.3) is 0 Å². The van der Waals surface area contributed by atoms with Crippen LogP contribution in [0.15, 0.2) is 0 Å². The van der Waals surface area contributed by atoms with Crippen molar-refractivity contribution in [2.75, 3.05) is 0 Å². The van der Waals surface area contributed by atoms with Crippen LogP contribution < -0.4 is 5.73 Å². The predicted octanol–water partition coefficient (Wildman–Crippen LogP) is 10.8. The van der Waals surface area contributed by atoms with Crippen LogP contribution >= 0.6 is 7.60 Å². The zero-order valence-corrected chi connectivity index (χ0v) is 31.2. The molecule has 0 aromatic heterocycles. The zero-order chi connectivity index (χ0) is 34.4. The highest BCUT2D eigenvalue weighted by molar-refractivity contribution is 7.56. The normalized spacial score (nSPS) is 12.9. The summed E-state index contributed by atoms with van der Waals surface area (Å²) in [5.74, 6) is -1.84. The van der Waals surface area contributed by atoms with E-state index >= 15 is 0 Å². The molecule has 0 rings (SSSR count). The molecule has 0 aromatic carbocycles. The van der Waals surface area contributed by atoms with Crippen molar-refractivity contribution in [2.45, 2.75) is 231 Å². The molecule has 1 atom stereocenters. The number of aliphatic hydroxyl groups is 1. The maximum atomic E-state index is 13.1. The van der Waals surface area contributed by atoms with Crippen molar-refractivity contribution in [1.82, 2.24) is 0 Å². The van der Waals surface area contributed by atoms with E-state index in [1.807, 2.05) is 0 Å². The number of rotatable bonds is 36. The first-order valence-corrected chi connectivity index (χ1v) is 21.3. The first-order chi connectivity index (χ1) is 22.2. The maximum absolute atomic E-state index is 13.1. The van der Waals surface area contributed by atoms with E-state index in [-0.39, 0.29) is 12.8 Å². The maximum Gasteiger partial charge on any atom is 0.350 e. The Balaban J connectivity index is 4.21. The highest BCUT2D eigenvalue weighted by atomic mass is 31.2. The molecule has 0 amide bonds. The summed E-state index contributed by atoms with van der Waals surface area (Å²) in [7, 11) is -5.33. The summed E-state index contributed by atoms with van der Waals surface area (Å²) >= 11 is 0. The molecule has 0 heterocycles. The summed E-state index contributed by atoms with van der Waals surface area (Å²) < 4.78 is 12.5. The van der Waals surface area contributed by atoms with Gasteiger partial charge in [0.2, 0.25) is 5.16 Å². The van der Waals surface area contributed by atoms with Gasteiger partial charge >= 0.3 is 7.60 Å². The molecular weight excluding hydrogens is 597 g/mol. The summed E-state index contributed by atoms with van der Waals surface area (Å²) in [6, 6.07) is 0. The van der Waals surface area contributed by atoms with E-state index in [1.165, 1.54) is 128 Å². The molecule has 0 fully saturated rings. The van der Waals surface area contributed by atoms with Crippen LogP contribution in [0.3, 0.4) is 0 Å². The molecule has 0 spiro atoms. The Morgan fingerprint density at radius 3 is 0.848 bits per heavy atom. The highest BCUT2D eigenvalue weighted by Gasteiger charge is 2.61. The number of aliphatic hydroxyl groups excluding tert-OH is 1. The van der Waals surface area contributed by atoms with Crippen LogP contribution in [0, 0.1) is 0 Å². The first-order valence-electron chi connectivity index (χ1n) is 19.7. The van der Waals surface area contributed by atoms with E-state index < -0.39 is 30.5 Å². The van der Waals surface area contributed by atoms with Gasteiger partial charge in [0.05, 0.1) is 0 Å². The van der Waals surface area contributed by atoms with E-state index in [0.717, 1.165) is 51.4 Å². The second-order valence-electron chi connectivity index (χ2n) is 14.0. The van der Waals surface area contributed by atoms with Gasteiger partial charge in [0, 0.05) is 12.8 Å². The molecule has 1 unspecified atom stereocenters. The van der Waals surface area contributed by atoms with Gasteiger partial charge in [-0.05, 0) is 12.8 Å². The molecular formula is C38H76NO6P. The summed E-state index contributed by atoms with van der Waals surface area (Å²) in [5.41, 5.74) is 5.59. The molecule has 0 bridgehead atoms. The molecule has 274 valence electrons. The smallest absolute Gasteiger partial charge is 0.350 e. The number of Topliss-reactive ketones (excluding diaryl/α,β-unsaturated/α-hetero) is 2. The van der Waals surface area contributed by atoms with Gasteiger partial charge in [-0.3, -0.25) is 14.2 Å². The van der Waals surface area contributed by atoms with Crippen molar-refractivity contribution in [1.29, 1.82) is 0 Å². The fourth-order valence-electron chi connectivity index (χ4n) is 6.68. The second kappa shape index (κ2) is 30.5. The predicted molar refractivity (Wildman–Crippen MR) is 194 cm³/mol. The van der Waals surface area contributed by atoms with E-state index in [2.05, 4.69) is 13.8 Å². The first kappa shape index (κ1) is 45.4. The SMILES string of the molecule is CCCCCCCCCCCCCCCCCC(=O)C(C(=O)CCCCCCCCCCCCCCCCC)(C(N)O)P(=O)(O)O. The lowest BCUT2D eigenvalue weighted by Crippen LogP contribution is -2.59. The summed E-state index contributed by atoms with van der Waals surface area (Å²) in [5, 5.41) is 7.39. The number of hydrogen-bond donors (Lipinski definition) is 4. The van der Waals surface area contributed by atoms with Crippen molar-refractivity contribution in [3.8, 4) is 0 Å². The van der Waals surface area contributed by atoms with Gasteiger partial charge in [-0.25, -0.2) is 0 Å². The Morgan fingerprint density at radius 2 is 0.674 bits per heavy atom. The second-order valence-corrected chi connectivity index (χ2v) is 15.8. The van der Waals surface area contributed by atoms with Gasteiger partial charge in [-0.2, -0.15) is 0 Å². The third-order valence-corrected chi connectivity index (χ3v) is 11.4. The van der Waals surface area contributed by atoms with E-state index in [9.17, 15) is 29.0 Å². The average Bonchev–Trinajstić information content (AvgIpc) is 3.00. The standard InChI is InChI=1S/C38H76NO6P/c1-3-5-7-9-11-13-15-17-19-21-23-25-27-29-31-33-35(40)38(37(39)42,46(43,44)45)36(41)34-32-30-28-26-24-22-20-18-16-14-12-10-8-6-4-2/h37,42H,3-34,39H2,1-2H3,(H2,43,44,45). The number of carbonyl (C=O) groups is 2. The molecule has 0 saturated carbocycles. The molecule has 5 N–H and O–H groups in total. The summed E-state index contributed by atoms with van der Waals surface area (Å²) in [6.45, 7) is 4.49. The van der Waals surface area contributed by atoms with Gasteiger partial charge in [-0.15, -0.1) is 0 Å². The number of carbonyl (C=O) groups excluding carboxylic acids is 2. The summed E-state index contributed by atoms with van der Waals surface area (Å²) in [6.07, 6.45) is 32.4. The highest BCUT2D eigenvalue weighted by Crippen LogP contribution is 2.54. The zero-order valence-electron chi connectivity index (χ0n) is 30.3. The third-order valence-electron chi connectivity index (χ3n) is 9.75. The molecule has 46 heavy (non-hydrogen) atoms. The molecule has 7 nitrogen and oxygen atoms in total. The van der Waals surface area contributed by atoms with Crippen molar-refractivity contribution >= 4 is 19.2 Å². The monoisotopic (exact) mass is 674 g/mol. The van der Waals surface area contributed by atoms with E-state index in [0.29, 0.717) is 12.8 Å². The lowest BCUT2D eigenvalue weighted by Gasteiger charge is -2.33. The van der Waals surface area contributed by atoms with Crippen molar-refractivity contribution < 1.29 is 29.0 Å². The minimum Gasteiger partial charge on any atom is -0.377 e. The molecule has 0 aliphatic carbocycles. The van der Waals surface area contributed by atoms with Gasteiger partial charge in [0.1, 0.15) is 6.23 Å². The van der Waals surface area contributed by atoms with Crippen LogP contribution in [0.2, 0.25) is 0 Å². The van der Waals surface area contributed by atoms with E-state index in [4.69, 9.17) is 5.73 Å². The largest absolute Gasteiger partial charge is 0.377 e. The molecule has 0 aliphatic heterocycles. The molecule has 0 radical (unpaired) electrons. The Labute approximate surface area is 284 Å². The van der Waals surface area contributed by atoms with Gasteiger partial charge in [-0.1, -0.05) is 194 Å². The van der Waals surface area contributed by atoms with Crippen LogP contribution in [-0.2, 0) is 14.2 Å². The Kier molecular flexibility index (Phi) is 30.1. The van der Waals surface area contributed by atoms with Crippen LogP contribution in [0.5, 0.6) is 0 Å². The number of nitrogens with two attached hydrogens (primary N) is 1. The average molecular weight is 674 g/mol. The number of ketones is 2. The molecule has 0 aliphatic rings. The van der Waals surface area contributed by atoms with Crippen LogP contribution in [0.25, 0.3) is 0 Å². The minimum atomic E-state index is -5.33. The summed E-state index contributed by atoms with van der Waals surface area (Å²) in [4.78, 5) is 46.5. The molecule has 0 saturated heterocycles.